The third kappa shape index (κ3) is 5.38. The van der Waals surface area contributed by atoms with Gasteiger partial charge in [-0.3, -0.25) is 9.79 Å². The summed E-state index contributed by atoms with van der Waals surface area (Å²) in [5, 5.41) is 3.34. The van der Waals surface area contributed by atoms with Crippen molar-refractivity contribution in [3.05, 3.63) is 29.8 Å². The molecule has 1 N–H and O–H groups in total. The van der Waals surface area contributed by atoms with Crippen LogP contribution in [-0.2, 0) is 16.0 Å². The van der Waals surface area contributed by atoms with E-state index in [0.717, 1.165) is 44.2 Å². The number of hydrogen-bond acceptors (Lipinski definition) is 4. The highest BCUT2D eigenvalue weighted by atomic mass is 16.5. The summed E-state index contributed by atoms with van der Waals surface area (Å²) in [5.74, 6) is 1.83. The Kier molecular flexibility index (Phi) is 7.75. The Labute approximate surface area is 156 Å². The van der Waals surface area contributed by atoms with Gasteiger partial charge in [-0.25, -0.2) is 0 Å². The van der Waals surface area contributed by atoms with Crippen LogP contribution in [0, 0.1) is 11.8 Å². The van der Waals surface area contributed by atoms with Crippen LogP contribution in [0.2, 0.25) is 0 Å². The van der Waals surface area contributed by atoms with Crippen molar-refractivity contribution in [2.75, 3.05) is 40.4 Å². The number of guanidine groups is 1. The summed E-state index contributed by atoms with van der Waals surface area (Å²) < 4.78 is 10.2. The summed E-state index contributed by atoms with van der Waals surface area (Å²) in [7, 11) is 3.14. The molecule has 1 saturated heterocycles. The largest absolute Gasteiger partial charge is 0.497 e. The molecule has 2 rings (SSSR count). The van der Waals surface area contributed by atoms with E-state index in [-0.39, 0.29) is 17.8 Å². The van der Waals surface area contributed by atoms with Crippen LogP contribution in [-0.4, -0.2) is 57.2 Å². The van der Waals surface area contributed by atoms with Crippen LogP contribution in [0.1, 0.15) is 25.8 Å². The van der Waals surface area contributed by atoms with Gasteiger partial charge in [-0.15, -0.1) is 0 Å². The zero-order valence-corrected chi connectivity index (χ0v) is 16.3. The van der Waals surface area contributed by atoms with Gasteiger partial charge in [0.1, 0.15) is 5.75 Å². The first kappa shape index (κ1) is 20.1. The van der Waals surface area contributed by atoms with E-state index in [2.05, 4.69) is 36.2 Å². The van der Waals surface area contributed by atoms with E-state index in [4.69, 9.17) is 14.5 Å². The van der Waals surface area contributed by atoms with Crippen molar-refractivity contribution in [1.29, 1.82) is 0 Å². The van der Waals surface area contributed by atoms with Gasteiger partial charge in [0.25, 0.3) is 0 Å². The number of esters is 1. The van der Waals surface area contributed by atoms with Crippen molar-refractivity contribution >= 4 is 11.9 Å². The second-order valence-corrected chi connectivity index (χ2v) is 6.70. The lowest BCUT2D eigenvalue weighted by Gasteiger charge is -2.21. The van der Waals surface area contributed by atoms with E-state index in [1.807, 2.05) is 12.1 Å². The minimum absolute atomic E-state index is 0.0827. The van der Waals surface area contributed by atoms with Gasteiger partial charge in [-0.1, -0.05) is 19.1 Å². The van der Waals surface area contributed by atoms with Gasteiger partial charge in [-0.2, -0.15) is 0 Å². The molecule has 6 nitrogen and oxygen atoms in total. The predicted molar refractivity (Wildman–Crippen MR) is 104 cm³/mol. The first-order chi connectivity index (χ1) is 12.6. The third-order valence-corrected chi connectivity index (χ3v) is 4.77. The second-order valence-electron chi connectivity index (χ2n) is 6.70. The molecule has 1 fully saturated rings. The molecule has 144 valence electrons. The van der Waals surface area contributed by atoms with Crippen molar-refractivity contribution in [3.63, 3.8) is 0 Å². The standard InChI is InChI=1S/C20H31N3O3/c1-5-21-20(23-13-15(2)18(14-23)19(24)26-4)22-11-7-9-16-8-6-10-17(12-16)25-3/h6,8,10,12,15,18H,5,7,9,11,13-14H2,1-4H3,(H,21,22). The summed E-state index contributed by atoms with van der Waals surface area (Å²) in [6.07, 6.45) is 1.92. The molecular formula is C20H31N3O3. The van der Waals surface area contributed by atoms with Crippen molar-refractivity contribution in [3.8, 4) is 5.75 Å². The van der Waals surface area contributed by atoms with Gasteiger partial charge in [0.05, 0.1) is 20.1 Å². The fraction of sp³-hybridized carbons (Fsp3) is 0.600. The molecule has 0 saturated carbocycles. The average molecular weight is 361 g/mol. The highest BCUT2D eigenvalue weighted by molar-refractivity contribution is 5.82. The Morgan fingerprint density at radius 3 is 2.85 bits per heavy atom. The number of nitrogens with zero attached hydrogens (tertiary/aromatic N) is 2. The lowest BCUT2D eigenvalue weighted by molar-refractivity contribution is -0.145. The first-order valence-electron chi connectivity index (χ1n) is 9.33. The second kappa shape index (κ2) is 10.0. The number of aliphatic imine (C=N–C) groups is 1. The zero-order valence-electron chi connectivity index (χ0n) is 16.3. The minimum Gasteiger partial charge on any atom is -0.497 e. The van der Waals surface area contributed by atoms with Crippen molar-refractivity contribution < 1.29 is 14.3 Å². The molecule has 2 unspecified atom stereocenters. The van der Waals surface area contributed by atoms with Crippen LogP contribution in [0.15, 0.2) is 29.3 Å². The maximum Gasteiger partial charge on any atom is 0.310 e. The lowest BCUT2D eigenvalue weighted by atomic mass is 9.99. The number of carbonyl (C=O) groups is 1. The molecule has 0 spiro atoms. The molecular weight excluding hydrogens is 330 g/mol. The van der Waals surface area contributed by atoms with Gasteiger partial charge in [-0.05, 0) is 43.4 Å². The molecule has 1 heterocycles. The number of aryl methyl sites for hydroxylation is 1. The fourth-order valence-electron chi connectivity index (χ4n) is 3.32. The monoisotopic (exact) mass is 361 g/mol. The number of hydrogen-bond donors (Lipinski definition) is 1. The SMILES string of the molecule is CCNC(=NCCCc1cccc(OC)c1)N1CC(C)C(C(=O)OC)C1. The molecule has 1 aliphatic rings. The van der Waals surface area contributed by atoms with Crippen molar-refractivity contribution in [2.45, 2.75) is 26.7 Å². The van der Waals surface area contributed by atoms with E-state index in [0.29, 0.717) is 6.54 Å². The highest BCUT2D eigenvalue weighted by Crippen LogP contribution is 2.24. The zero-order chi connectivity index (χ0) is 18.9. The summed E-state index contributed by atoms with van der Waals surface area (Å²) in [6.45, 7) is 7.18. The molecule has 0 aliphatic carbocycles. The molecule has 2 atom stereocenters. The van der Waals surface area contributed by atoms with Gasteiger partial charge >= 0.3 is 5.97 Å². The predicted octanol–water partition coefficient (Wildman–Crippen LogP) is 2.33. The van der Waals surface area contributed by atoms with Gasteiger partial charge in [0.15, 0.2) is 5.96 Å². The Balaban J connectivity index is 1.91. The maximum absolute atomic E-state index is 11.9. The molecule has 6 heteroatoms. The number of rotatable bonds is 7. The maximum atomic E-state index is 11.9. The molecule has 0 amide bonds. The normalized spacial score (nSPS) is 20.2. The molecule has 26 heavy (non-hydrogen) atoms. The quantitative estimate of drug-likeness (QED) is 0.350. The fourth-order valence-corrected chi connectivity index (χ4v) is 3.32. The van der Waals surface area contributed by atoms with Crippen LogP contribution >= 0.6 is 0 Å². The van der Waals surface area contributed by atoms with Gasteiger partial charge in [0, 0.05) is 26.2 Å². The first-order valence-corrected chi connectivity index (χ1v) is 9.33. The molecule has 1 aliphatic heterocycles. The number of likely N-dealkylation sites (tertiary alicyclic amines) is 1. The lowest BCUT2D eigenvalue weighted by Crippen LogP contribution is -2.40. The summed E-state index contributed by atoms with van der Waals surface area (Å²) >= 11 is 0. The Bertz CT molecular complexity index is 618. The van der Waals surface area contributed by atoms with Crippen LogP contribution in [0.4, 0.5) is 0 Å². The van der Waals surface area contributed by atoms with E-state index in [1.54, 1.807) is 7.11 Å². The number of carbonyl (C=O) groups excluding carboxylic acids is 1. The summed E-state index contributed by atoms with van der Waals surface area (Å²) in [6, 6.07) is 8.15. The van der Waals surface area contributed by atoms with Gasteiger partial charge in [0.2, 0.25) is 0 Å². The van der Waals surface area contributed by atoms with E-state index in [1.165, 1.54) is 12.7 Å². The average Bonchev–Trinajstić information content (AvgIpc) is 3.05. The Morgan fingerprint density at radius 2 is 2.15 bits per heavy atom. The summed E-state index contributed by atoms with van der Waals surface area (Å²) in [4.78, 5) is 18.8. The van der Waals surface area contributed by atoms with Gasteiger partial charge < -0.3 is 19.7 Å². The van der Waals surface area contributed by atoms with Crippen molar-refractivity contribution in [2.24, 2.45) is 16.8 Å². The van der Waals surface area contributed by atoms with E-state index < -0.39 is 0 Å². The third-order valence-electron chi connectivity index (χ3n) is 4.77. The highest BCUT2D eigenvalue weighted by Gasteiger charge is 2.36. The Hall–Kier alpha value is -2.24. The van der Waals surface area contributed by atoms with Crippen LogP contribution in [0.25, 0.3) is 0 Å². The van der Waals surface area contributed by atoms with Crippen LogP contribution < -0.4 is 10.1 Å². The number of benzene rings is 1. The van der Waals surface area contributed by atoms with Crippen LogP contribution in [0.3, 0.4) is 0 Å². The smallest absolute Gasteiger partial charge is 0.310 e. The van der Waals surface area contributed by atoms with E-state index >= 15 is 0 Å². The molecule has 1 aromatic carbocycles. The topological polar surface area (TPSA) is 63.2 Å². The Morgan fingerprint density at radius 1 is 1.35 bits per heavy atom. The van der Waals surface area contributed by atoms with E-state index in [9.17, 15) is 4.79 Å². The molecule has 0 aromatic heterocycles. The molecule has 0 bridgehead atoms. The number of ether oxygens (including phenoxy) is 2. The van der Waals surface area contributed by atoms with Crippen LogP contribution in [0.5, 0.6) is 5.75 Å². The molecule has 0 radical (unpaired) electrons. The summed E-state index contributed by atoms with van der Waals surface area (Å²) in [5.41, 5.74) is 1.25. The minimum atomic E-state index is -0.131. The van der Waals surface area contributed by atoms with Crippen molar-refractivity contribution in [1.82, 2.24) is 10.2 Å². The molecule has 1 aromatic rings. The number of methoxy groups -OCH3 is 2. The number of nitrogens with one attached hydrogen (secondary N) is 1.